The molecule has 1 aromatic carbocycles. The van der Waals surface area contributed by atoms with Crippen molar-refractivity contribution in [3.05, 3.63) is 31.3 Å². The van der Waals surface area contributed by atoms with Crippen LogP contribution in [0.4, 0.5) is 0 Å². The fraction of sp³-hybridized carbons (Fsp3) is 0. The fourth-order valence-electron chi connectivity index (χ4n) is 0.826. The molecule has 0 aliphatic rings. The number of nitriles is 1. The van der Waals surface area contributed by atoms with E-state index >= 15 is 0 Å². The van der Waals surface area contributed by atoms with Crippen molar-refractivity contribution < 1.29 is 9.90 Å². The molecule has 0 aromatic heterocycles. The third kappa shape index (κ3) is 2.19. The minimum Gasteiger partial charge on any atom is -0.478 e. The summed E-state index contributed by atoms with van der Waals surface area (Å²) < 4.78 is 1.07. The summed E-state index contributed by atoms with van der Waals surface area (Å²) >= 11 is 4.99. The van der Waals surface area contributed by atoms with Crippen LogP contribution in [0.1, 0.15) is 15.9 Å². The SMILES string of the molecule is N#Cc1cc(Br)cc(C(=O)O)c1I. The number of hydrogen-bond donors (Lipinski definition) is 1. The Morgan fingerprint density at radius 2 is 2.23 bits per heavy atom. The fourth-order valence-corrected chi connectivity index (χ4v) is 1.95. The highest BCUT2D eigenvalue weighted by atomic mass is 127. The molecule has 0 aliphatic carbocycles. The van der Waals surface area contributed by atoms with Gasteiger partial charge in [-0.15, -0.1) is 0 Å². The van der Waals surface area contributed by atoms with Gasteiger partial charge in [0.2, 0.25) is 0 Å². The van der Waals surface area contributed by atoms with Gasteiger partial charge in [-0.2, -0.15) is 5.26 Å². The van der Waals surface area contributed by atoms with E-state index in [9.17, 15) is 4.79 Å². The van der Waals surface area contributed by atoms with Gasteiger partial charge in [0.1, 0.15) is 6.07 Å². The van der Waals surface area contributed by atoms with Gasteiger partial charge in [-0.3, -0.25) is 0 Å². The van der Waals surface area contributed by atoms with Crippen LogP contribution in [-0.4, -0.2) is 11.1 Å². The number of nitrogens with zero attached hydrogens (tertiary/aromatic N) is 1. The van der Waals surface area contributed by atoms with Crippen molar-refractivity contribution >= 4 is 44.5 Å². The van der Waals surface area contributed by atoms with Gasteiger partial charge in [-0.25, -0.2) is 4.79 Å². The summed E-state index contributed by atoms with van der Waals surface area (Å²) in [5.74, 6) is -1.03. The topological polar surface area (TPSA) is 61.1 Å². The van der Waals surface area contributed by atoms with E-state index in [4.69, 9.17) is 10.4 Å². The van der Waals surface area contributed by atoms with Gasteiger partial charge in [0.05, 0.1) is 11.1 Å². The Morgan fingerprint density at radius 1 is 1.62 bits per heavy atom. The summed E-state index contributed by atoms with van der Waals surface area (Å²) in [5.41, 5.74) is 0.513. The van der Waals surface area contributed by atoms with E-state index < -0.39 is 5.97 Å². The van der Waals surface area contributed by atoms with Gasteiger partial charge < -0.3 is 5.11 Å². The van der Waals surface area contributed by atoms with E-state index in [0.717, 1.165) is 0 Å². The van der Waals surface area contributed by atoms with E-state index in [1.54, 1.807) is 6.07 Å². The predicted molar refractivity (Wildman–Crippen MR) is 58.5 cm³/mol. The molecule has 5 heteroatoms. The molecule has 0 aliphatic heterocycles. The molecule has 0 amide bonds. The zero-order valence-corrected chi connectivity index (χ0v) is 9.96. The molecule has 0 fully saturated rings. The number of carbonyl (C=O) groups is 1. The molecule has 13 heavy (non-hydrogen) atoms. The summed E-state index contributed by atoms with van der Waals surface area (Å²) in [6.45, 7) is 0. The summed E-state index contributed by atoms with van der Waals surface area (Å²) in [7, 11) is 0. The van der Waals surface area contributed by atoms with Crippen LogP contribution in [0.2, 0.25) is 0 Å². The number of aromatic carboxylic acids is 1. The van der Waals surface area contributed by atoms with Gasteiger partial charge in [-0.05, 0) is 34.7 Å². The van der Waals surface area contributed by atoms with Gasteiger partial charge in [0.25, 0.3) is 0 Å². The minimum absolute atomic E-state index is 0.145. The summed E-state index contributed by atoms with van der Waals surface area (Å²) in [6, 6.07) is 5.00. The summed E-state index contributed by atoms with van der Waals surface area (Å²) in [5, 5.41) is 17.5. The van der Waals surface area contributed by atoms with Gasteiger partial charge >= 0.3 is 5.97 Å². The maximum Gasteiger partial charge on any atom is 0.336 e. The van der Waals surface area contributed by atoms with Crippen LogP contribution < -0.4 is 0 Å². The number of benzene rings is 1. The average Bonchev–Trinajstić information content (AvgIpc) is 2.08. The van der Waals surface area contributed by atoms with E-state index in [-0.39, 0.29) is 5.56 Å². The minimum atomic E-state index is -1.03. The van der Waals surface area contributed by atoms with Crippen molar-refractivity contribution in [1.82, 2.24) is 0 Å². The first kappa shape index (κ1) is 10.5. The van der Waals surface area contributed by atoms with Crippen molar-refractivity contribution in [1.29, 1.82) is 5.26 Å². The Morgan fingerprint density at radius 3 is 2.69 bits per heavy atom. The second kappa shape index (κ2) is 4.07. The molecule has 0 spiro atoms. The molecule has 1 rings (SSSR count). The number of carboxylic acid groups (broad SMARTS) is 1. The Kier molecular flexibility index (Phi) is 3.27. The molecule has 0 bridgehead atoms. The standard InChI is InChI=1S/C8H3BrINO2/c9-5-1-4(3-11)7(10)6(2-5)8(12)13/h1-2H,(H,12,13). The zero-order valence-electron chi connectivity index (χ0n) is 6.21. The molecule has 1 N–H and O–H groups in total. The second-order valence-electron chi connectivity index (χ2n) is 2.23. The van der Waals surface area contributed by atoms with E-state index in [0.29, 0.717) is 13.6 Å². The van der Waals surface area contributed by atoms with E-state index in [2.05, 4.69) is 15.9 Å². The summed E-state index contributed by atoms with van der Waals surface area (Å²) in [6.07, 6.45) is 0. The molecule has 0 saturated carbocycles. The molecule has 1 aromatic rings. The maximum absolute atomic E-state index is 10.7. The van der Waals surface area contributed by atoms with Crippen molar-refractivity contribution in [2.45, 2.75) is 0 Å². The Hall–Kier alpha value is -0.610. The highest BCUT2D eigenvalue weighted by molar-refractivity contribution is 14.1. The largest absolute Gasteiger partial charge is 0.478 e. The van der Waals surface area contributed by atoms with Crippen LogP contribution in [0.5, 0.6) is 0 Å². The van der Waals surface area contributed by atoms with Crippen molar-refractivity contribution in [3.8, 4) is 6.07 Å². The van der Waals surface area contributed by atoms with E-state index in [1.807, 2.05) is 28.7 Å². The lowest BCUT2D eigenvalue weighted by Crippen LogP contribution is -2.01. The Bertz CT molecular complexity index is 411. The van der Waals surface area contributed by atoms with Crippen LogP contribution in [0.25, 0.3) is 0 Å². The third-order valence-electron chi connectivity index (χ3n) is 1.39. The van der Waals surface area contributed by atoms with Gasteiger partial charge in [0.15, 0.2) is 0 Å². The second-order valence-corrected chi connectivity index (χ2v) is 4.23. The van der Waals surface area contributed by atoms with Crippen LogP contribution in [0.3, 0.4) is 0 Å². The zero-order chi connectivity index (χ0) is 10.0. The molecule has 0 unspecified atom stereocenters. The molecular weight excluding hydrogens is 349 g/mol. The quantitative estimate of drug-likeness (QED) is 0.791. The number of hydrogen-bond acceptors (Lipinski definition) is 2. The molecule has 0 radical (unpaired) electrons. The molecule has 3 nitrogen and oxygen atoms in total. The third-order valence-corrected chi connectivity index (χ3v) is 3.01. The molecule has 66 valence electrons. The lowest BCUT2D eigenvalue weighted by atomic mass is 10.1. The van der Waals surface area contributed by atoms with Crippen LogP contribution in [0.15, 0.2) is 16.6 Å². The smallest absolute Gasteiger partial charge is 0.336 e. The lowest BCUT2D eigenvalue weighted by molar-refractivity contribution is 0.0695. The first-order chi connectivity index (χ1) is 6.06. The Labute approximate surface area is 96.6 Å². The van der Waals surface area contributed by atoms with Gasteiger partial charge in [-0.1, -0.05) is 15.9 Å². The van der Waals surface area contributed by atoms with Crippen molar-refractivity contribution in [3.63, 3.8) is 0 Å². The average molecular weight is 352 g/mol. The highest BCUT2D eigenvalue weighted by Gasteiger charge is 2.12. The lowest BCUT2D eigenvalue weighted by Gasteiger charge is -2.01. The van der Waals surface area contributed by atoms with E-state index in [1.165, 1.54) is 6.07 Å². The highest BCUT2D eigenvalue weighted by Crippen LogP contribution is 2.22. The van der Waals surface area contributed by atoms with Crippen molar-refractivity contribution in [2.24, 2.45) is 0 Å². The number of halogens is 2. The monoisotopic (exact) mass is 351 g/mol. The first-order valence-electron chi connectivity index (χ1n) is 3.18. The molecule has 0 atom stereocenters. The van der Waals surface area contributed by atoms with Crippen molar-refractivity contribution in [2.75, 3.05) is 0 Å². The van der Waals surface area contributed by atoms with Crippen LogP contribution in [0, 0.1) is 14.9 Å². The maximum atomic E-state index is 10.7. The van der Waals surface area contributed by atoms with Gasteiger partial charge in [0, 0.05) is 8.04 Å². The van der Waals surface area contributed by atoms with Crippen LogP contribution in [-0.2, 0) is 0 Å². The Balaban J connectivity index is 3.47. The number of carboxylic acids is 1. The van der Waals surface area contributed by atoms with Crippen LogP contribution >= 0.6 is 38.5 Å². The molecule has 0 saturated heterocycles. The predicted octanol–water partition coefficient (Wildman–Crippen LogP) is 2.62. The molecule has 0 heterocycles. The molecular formula is C8H3BrINO2. The summed E-state index contributed by atoms with van der Waals surface area (Å²) in [4.78, 5) is 10.7. The first-order valence-corrected chi connectivity index (χ1v) is 5.06. The number of rotatable bonds is 1. The normalized spacial score (nSPS) is 9.31.